The Hall–Kier alpha value is -1.02. The van der Waals surface area contributed by atoms with Crippen LogP contribution >= 0.6 is 0 Å². The zero-order chi connectivity index (χ0) is 13.9. The minimum atomic E-state index is -0.118. The Bertz CT molecular complexity index is 528. The van der Waals surface area contributed by atoms with Gasteiger partial charge in [-0.15, -0.1) is 0 Å². The van der Waals surface area contributed by atoms with E-state index in [4.69, 9.17) is 0 Å². The van der Waals surface area contributed by atoms with Crippen molar-refractivity contribution in [3.8, 4) is 0 Å². The molecule has 2 saturated carbocycles. The molecule has 5 atom stereocenters. The van der Waals surface area contributed by atoms with Crippen LogP contribution in [0.1, 0.15) is 45.4 Å². The molecule has 2 heteroatoms. The molecule has 3 unspecified atom stereocenters. The van der Waals surface area contributed by atoms with E-state index in [0.717, 1.165) is 19.3 Å². The average Bonchev–Trinajstić information content (AvgIpc) is 2.74. The van der Waals surface area contributed by atoms with E-state index >= 15 is 0 Å². The van der Waals surface area contributed by atoms with Gasteiger partial charge in [0, 0.05) is 11.8 Å². The maximum Gasteiger partial charge on any atom is 0.0928 e. The van der Waals surface area contributed by atoms with Crippen LogP contribution in [0.3, 0.4) is 0 Å². The number of hydrogen-bond acceptors (Lipinski definition) is 2. The van der Waals surface area contributed by atoms with Crippen LogP contribution in [0, 0.1) is 23.2 Å². The number of fused-ring (bicyclic) bond motifs is 5. The van der Waals surface area contributed by atoms with Gasteiger partial charge in [0.1, 0.15) is 0 Å². The third-order valence-electron chi connectivity index (χ3n) is 6.52. The molecular weight excluding hydrogens is 248 g/mol. The number of aliphatic hydroxyl groups is 2. The monoisotopic (exact) mass is 272 g/mol. The van der Waals surface area contributed by atoms with Crippen LogP contribution in [-0.4, -0.2) is 16.3 Å². The van der Waals surface area contributed by atoms with Gasteiger partial charge in [-0.25, -0.2) is 0 Å². The SMILES string of the molecule is C[C@]12CC=C3C4=CC=C(O)C[C@@H]4CCC3C1CCC2O. The fraction of sp³-hybridized carbons (Fsp3) is 0.667. The molecule has 0 saturated heterocycles. The number of rotatable bonds is 0. The van der Waals surface area contributed by atoms with E-state index in [0.29, 0.717) is 23.5 Å². The third-order valence-corrected chi connectivity index (χ3v) is 6.52. The second-order valence-electron chi connectivity index (χ2n) is 7.43. The van der Waals surface area contributed by atoms with Crippen molar-refractivity contribution < 1.29 is 10.2 Å². The lowest BCUT2D eigenvalue weighted by Crippen LogP contribution is -2.41. The van der Waals surface area contributed by atoms with Crippen molar-refractivity contribution in [2.45, 2.75) is 51.6 Å². The highest BCUT2D eigenvalue weighted by atomic mass is 16.3. The molecule has 0 spiro atoms. The molecule has 2 nitrogen and oxygen atoms in total. The van der Waals surface area contributed by atoms with Gasteiger partial charge in [0.2, 0.25) is 0 Å². The fourth-order valence-electron chi connectivity index (χ4n) is 5.30. The molecule has 0 amide bonds. The van der Waals surface area contributed by atoms with E-state index < -0.39 is 0 Å². The Labute approximate surface area is 120 Å². The highest BCUT2D eigenvalue weighted by Crippen LogP contribution is 2.59. The minimum absolute atomic E-state index is 0.105. The topological polar surface area (TPSA) is 40.5 Å². The summed E-state index contributed by atoms with van der Waals surface area (Å²) < 4.78 is 0. The average molecular weight is 272 g/mol. The van der Waals surface area contributed by atoms with Gasteiger partial charge in [-0.2, -0.15) is 0 Å². The van der Waals surface area contributed by atoms with Crippen LogP contribution in [0.25, 0.3) is 0 Å². The minimum Gasteiger partial charge on any atom is -0.512 e. The predicted molar refractivity (Wildman–Crippen MR) is 79.2 cm³/mol. The van der Waals surface area contributed by atoms with E-state index in [9.17, 15) is 10.2 Å². The zero-order valence-corrected chi connectivity index (χ0v) is 12.2. The van der Waals surface area contributed by atoms with E-state index in [1.54, 1.807) is 5.57 Å². The maximum atomic E-state index is 10.4. The molecule has 0 aliphatic heterocycles. The van der Waals surface area contributed by atoms with E-state index in [-0.39, 0.29) is 11.5 Å². The van der Waals surface area contributed by atoms with Gasteiger partial charge < -0.3 is 10.2 Å². The maximum absolute atomic E-state index is 10.4. The van der Waals surface area contributed by atoms with Crippen molar-refractivity contribution in [2.75, 3.05) is 0 Å². The summed E-state index contributed by atoms with van der Waals surface area (Å²) >= 11 is 0. The molecule has 20 heavy (non-hydrogen) atoms. The van der Waals surface area contributed by atoms with Gasteiger partial charge in [0.05, 0.1) is 11.9 Å². The summed E-state index contributed by atoms with van der Waals surface area (Å²) in [7, 11) is 0. The quantitative estimate of drug-likeness (QED) is 0.702. The van der Waals surface area contributed by atoms with Crippen LogP contribution in [0.2, 0.25) is 0 Å². The Morgan fingerprint density at radius 2 is 1.95 bits per heavy atom. The summed E-state index contributed by atoms with van der Waals surface area (Å²) in [5, 5.41) is 20.1. The predicted octanol–water partition coefficient (Wildman–Crippen LogP) is 3.89. The lowest BCUT2D eigenvalue weighted by molar-refractivity contribution is 0.0182. The van der Waals surface area contributed by atoms with Crippen molar-refractivity contribution in [2.24, 2.45) is 23.2 Å². The molecule has 2 fully saturated rings. The first-order valence-electron chi connectivity index (χ1n) is 8.08. The molecule has 0 aromatic heterocycles. The van der Waals surface area contributed by atoms with Gasteiger partial charge in [-0.3, -0.25) is 0 Å². The summed E-state index contributed by atoms with van der Waals surface area (Å²) in [6.45, 7) is 2.29. The highest BCUT2D eigenvalue weighted by molar-refractivity contribution is 5.44. The van der Waals surface area contributed by atoms with E-state index in [2.05, 4.69) is 19.1 Å². The van der Waals surface area contributed by atoms with Crippen molar-refractivity contribution in [3.63, 3.8) is 0 Å². The van der Waals surface area contributed by atoms with Gasteiger partial charge in [-0.1, -0.05) is 19.1 Å². The second kappa shape index (κ2) is 4.24. The van der Waals surface area contributed by atoms with Crippen LogP contribution in [0.5, 0.6) is 0 Å². The molecule has 4 rings (SSSR count). The molecule has 0 aromatic carbocycles. The van der Waals surface area contributed by atoms with Crippen molar-refractivity contribution in [3.05, 3.63) is 35.1 Å². The van der Waals surface area contributed by atoms with Crippen LogP contribution in [-0.2, 0) is 0 Å². The fourth-order valence-corrected chi connectivity index (χ4v) is 5.30. The van der Waals surface area contributed by atoms with Crippen LogP contribution in [0.15, 0.2) is 35.1 Å². The second-order valence-corrected chi connectivity index (χ2v) is 7.43. The van der Waals surface area contributed by atoms with Crippen molar-refractivity contribution >= 4 is 0 Å². The van der Waals surface area contributed by atoms with Gasteiger partial charge >= 0.3 is 0 Å². The summed E-state index contributed by atoms with van der Waals surface area (Å²) in [5.41, 5.74) is 3.12. The molecule has 4 aliphatic rings. The Kier molecular flexibility index (Phi) is 2.69. The smallest absolute Gasteiger partial charge is 0.0928 e. The van der Waals surface area contributed by atoms with Crippen molar-refractivity contribution in [1.29, 1.82) is 0 Å². The van der Waals surface area contributed by atoms with E-state index in [1.165, 1.54) is 24.8 Å². The molecule has 0 bridgehead atoms. The molecule has 2 N–H and O–H groups in total. The van der Waals surface area contributed by atoms with Gasteiger partial charge in [-0.05, 0) is 67.1 Å². The highest BCUT2D eigenvalue weighted by Gasteiger charge is 2.52. The van der Waals surface area contributed by atoms with Gasteiger partial charge in [0.25, 0.3) is 0 Å². The van der Waals surface area contributed by atoms with Gasteiger partial charge in [0.15, 0.2) is 0 Å². The Morgan fingerprint density at radius 3 is 2.80 bits per heavy atom. The van der Waals surface area contributed by atoms with E-state index in [1.807, 2.05) is 6.08 Å². The summed E-state index contributed by atoms with van der Waals surface area (Å²) in [6.07, 6.45) is 12.7. The standard InChI is InChI=1S/C18H24O2/c1-18-9-8-14-13-5-3-12(19)10-11(13)2-4-15(14)16(18)6-7-17(18)20/h3,5,8,11,15-17,19-20H,2,4,6-7,9-10H2,1H3/t11-,15?,16?,17?,18-/m0/s1. The summed E-state index contributed by atoms with van der Waals surface area (Å²) in [6, 6.07) is 0. The molecular formula is C18H24O2. The third kappa shape index (κ3) is 1.60. The Balaban J connectivity index is 1.73. The first kappa shape index (κ1) is 12.7. The number of hydrogen-bond donors (Lipinski definition) is 2. The molecule has 0 radical (unpaired) electrons. The molecule has 0 aromatic rings. The number of aliphatic hydroxyl groups excluding tert-OH is 2. The van der Waals surface area contributed by atoms with Crippen LogP contribution in [0.4, 0.5) is 0 Å². The Morgan fingerprint density at radius 1 is 1.10 bits per heavy atom. The zero-order valence-electron chi connectivity index (χ0n) is 12.2. The first-order chi connectivity index (χ1) is 9.59. The normalized spacial score (nSPS) is 46.6. The lowest BCUT2D eigenvalue weighted by atomic mass is 9.57. The summed E-state index contributed by atoms with van der Waals surface area (Å²) in [5.74, 6) is 2.36. The molecule has 0 heterocycles. The molecule has 108 valence electrons. The first-order valence-corrected chi connectivity index (χ1v) is 8.08. The molecule has 4 aliphatic carbocycles. The lowest BCUT2D eigenvalue weighted by Gasteiger charge is -2.47. The summed E-state index contributed by atoms with van der Waals surface area (Å²) in [4.78, 5) is 0. The number of allylic oxidation sites excluding steroid dienone is 6. The van der Waals surface area contributed by atoms with Crippen molar-refractivity contribution in [1.82, 2.24) is 0 Å². The van der Waals surface area contributed by atoms with Crippen LogP contribution < -0.4 is 0 Å². The largest absolute Gasteiger partial charge is 0.512 e.